The third-order valence-electron chi connectivity index (χ3n) is 3.77. The first-order valence-corrected chi connectivity index (χ1v) is 7.96. The summed E-state index contributed by atoms with van der Waals surface area (Å²) >= 11 is 18.2. The van der Waals surface area contributed by atoms with E-state index in [0.29, 0.717) is 21.8 Å². The monoisotopic (exact) mass is 332 g/mol. The molecule has 0 atom stereocenters. The maximum Gasteiger partial charge on any atom is 0.124 e. The molecule has 3 nitrogen and oxygen atoms in total. The second-order valence-corrected chi connectivity index (χ2v) is 6.16. The molecular formula is C14H15Cl3N2O. The highest BCUT2D eigenvalue weighted by Crippen LogP contribution is 2.30. The Morgan fingerprint density at radius 1 is 1.20 bits per heavy atom. The molecule has 1 aromatic heterocycles. The summed E-state index contributed by atoms with van der Waals surface area (Å²) in [6.07, 6.45) is 2.14. The number of ether oxygens (including phenoxy) is 1. The van der Waals surface area contributed by atoms with Gasteiger partial charge in [-0.2, -0.15) is 0 Å². The predicted octanol–water partition coefficient (Wildman–Crippen LogP) is 4.51. The Morgan fingerprint density at radius 2 is 1.90 bits per heavy atom. The van der Waals surface area contributed by atoms with Crippen LogP contribution < -0.4 is 0 Å². The Labute approximate surface area is 132 Å². The van der Waals surface area contributed by atoms with Crippen LogP contribution in [0.5, 0.6) is 0 Å². The van der Waals surface area contributed by atoms with E-state index in [4.69, 9.17) is 39.5 Å². The van der Waals surface area contributed by atoms with Gasteiger partial charge in [0.25, 0.3) is 0 Å². The van der Waals surface area contributed by atoms with E-state index in [1.165, 1.54) is 0 Å². The quantitative estimate of drug-likeness (QED) is 0.773. The minimum absolute atomic E-state index is 0.382. The van der Waals surface area contributed by atoms with Crippen LogP contribution in [0.25, 0.3) is 11.0 Å². The summed E-state index contributed by atoms with van der Waals surface area (Å²) in [5.74, 6) is 1.84. The molecule has 0 bridgehead atoms. The second kappa shape index (κ2) is 6.10. The number of aromatic nitrogens is 2. The van der Waals surface area contributed by atoms with Crippen molar-refractivity contribution < 1.29 is 4.74 Å². The van der Waals surface area contributed by atoms with Crippen molar-refractivity contribution in [3.8, 4) is 0 Å². The number of hydrogen-bond acceptors (Lipinski definition) is 2. The lowest BCUT2D eigenvalue weighted by atomic mass is 10.0. The van der Waals surface area contributed by atoms with Crippen LogP contribution in [0.15, 0.2) is 12.1 Å². The molecule has 0 saturated carbocycles. The first kappa shape index (κ1) is 14.5. The summed E-state index contributed by atoms with van der Waals surface area (Å²) in [7, 11) is 0. The summed E-state index contributed by atoms with van der Waals surface area (Å²) < 4.78 is 7.58. The van der Waals surface area contributed by atoms with E-state index in [2.05, 4.69) is 9.55 Å². The van der Waals surface area contributed by atoms with Gasteiger partial charge in [-0.15, -0.1) is 11.6 Å². The molecule has 108 valence electrons. The predicted molar refractivity (Wildman–Crippen MR) is 82.9 cm³/mol. The fraction of sp³-hybridized carbons (Fsp3) is 0.500. The Balaban J connectivity index is 2.00. The van der Waals surface area contributed by atoms with Gasteiger partial charge in [0.15, 0.2) is 0 Å². The normalized spacial score (nSPS) is 16.9. The minimum Gasteiger partial charge on any atom is -0.381 e. The number of alkyl halides is 1. The largest absolute Gasteiger partial charge is 0.381 e. The molecule has 2 aromatic rings. The van der Waals surface area contributed by atoms with Crippen molar-refractivity contribution >= 4 is 45.8 Å². The summed E-state index contributed by atoms with van der Waals surface area (Å²) in [5, 5.41) is 1.07. The van der Waals surface area contributed by atoms with Crippen LogP contribution in [0, 0.1) is 5.92 Å². The number of benzene rings is 1. The molecule has 1 fully saturated rings. The van der Waals surface area contributed by atoms with Crippen LogP contribution in [0.1, 0.15) is 18.7 Å². The van der Waals surface area contributed by atoms with Crippen LogP contribution in [-0.4, -0.2) is 22.8 Å². The van der Waals surface area contributed by atoms with Crippen molar-refractivity contribution in [3.05, 3.63) is 28.0 Å². The lowest BCUT2D eigenvalue weighted by molar-refractivity contribution is 0.0614. The lowest BCUT2D eigenvalue weighted by Gasteiger charge is -2.23. The van der Waals surface area contributed by atoms with Gasteiger partial charge >= 0.3 is 0 Å². The molecule has 0 unspecified atom stereocenters. The molecule has 1 aromatic carbocycles. The van der Waals surface area contributed by atoms with Crippen LogP contribution in [0.3, 0.4) is 0 Å². The highest BCUT2D eigenvalue weighted by atomic mass is 35.5. The van der Waals surface area contributed by atoms with Crippen molar-refractivity contribution in [3.63, 3.8) is 0 Å². The number of hydrogen-bond donors (Lipinski definition) is 0. The summed E-state index contributed by atoms with van der Waals surface area (Å²) in [4.78, 5) is 4.56. The SMILES string of the molecule is ClCc1nc2cc(Cl)c(Cl)cc2n1CC1CCOCC1. The summed E-state index contributed by atoms with van der Waals surface area (Å²) in [6, 6.07) is 3.68. The first-order valence-electron chi connectivity index (χ1n) is 6.67. The third kappa shape index (κ3) is 2.77. The smallest absolute Gasteiger partial charge is 0.124 e. The average molecular weight is 334 g/mol. The van der Waals surface area contributed by atoms with E-state index in [9.17, 15) is 0 Å². The molecule has 20 heavy (non-hydrogen) atoms. The van der Waals surface area contributed by atoms with Gasteiger partial charge in [0.2, 0.25) is 0 Å². The van der Waals surface area contributed by atoms with Gasteiger partial charge in [-0.05, 0) is 30.9 Å². The standard InChI is InChI=1S/C14H15Cl3N2O/c15-7-14-18-12-5-10(16)11(17)6-13(12)19(14)8-9-1-3-20-4-2-9/h5-6,9H,1-4,7-8H2. The zero-order valence-corrected chi connectivity index (χ0v) is 13.2. The maximum absolute atomic E-state index is 6.13. The van der Waals surface area contributed by atoms with Crippen LogP contribution in [-0.2, 0) is 17.2 Å². The second-order valence-electron chi connectivity index (χ2n) is 5.08. The van der Waals surface area contributed by atoms with E-state index in [-0.39, 0.29) is 0 Å². The topological polar surface area (TPSA) is 27.1 Å². The van der Waals surface area contributed by atoms with Crippen molar-refractivity contribution in [2.24, 2.45) is 5.92 Å². The van der Waals surface area contributed by atoms with E-state index < -0.39 is 0 Å². The van der Waals surface area contributed by atoms with E-state index >= 15 is 0 Å². The van der Waals surface area contributed by atoms with Gasteiger partial charge in [0.05, 0.1) is 27.0 Å². The molecule has 1 aliphatic rings. The molecule has 0 amide bonds. The molecule has 0 aliphatic carbocycles. The Bertz CT molecular complexity index is 620. The molecule has 0 radical (unpaired) electrons. The van der Waals surface area contributed by atoms with Gasteiger partial charge in [-0.1, -0.05) is 23.2 Å². The van der Waals surface area contributed by atoms with Crippen LogP contribution >= 0.6 is 34.8 Å². The van der Waals surface area contributed by atoms with E-state index in [1.54, 1.807) is 6.07 Å². The summed E-state index contributed by atoms with van der Waals surface area (Å²) in [5.41, 5.74) is 1.85. The fourth-order valence-corrected chi connectivity index (χ4v) is 3.18. The molecule has 1 aliphatic heterocycles. The third-order valence-corrected chi connectivity index (χ3v) is 4.73. The maximum atomic E-state index is 6.13. The van der Waals surface area contributed by atoms with Crippen LogP contribution in [0.4, 0.5) is 0 Å². The van der Waals surface area contributed by atoms with Gasteiger partial charge in [0, 0.05) is 19.8 Å². The minimum atomic E-state index is 0.382. The van der Waals surface area contributed by atoms with Crippen LogP contribution in [0.2, 0.25) is 10.0 Å². The molecule has 0 spiro atoms. The van der Waals surface area contributed by atoms with Crippen molar-refractivity contribution in [2.75, 3.05) is 13.2 Å². The van der Waals surface area contributed by atoms with Crippen molar-refractivity contribution in [1.29, 1.82) is 0 Å². The molecule has 3 rings (SSSR count). The van der Waals surface area contributed by atoms with Crippen molar-refractivity contribution in [2.45, 2.75) is 25.3 Å². The van der Waals surface area contributed by atoms with Gasteiger partial charge in [0.1, 0.15) is 5.82 Å². The number of fused-ring (bicyclic) bond motifs is 1. The molecule has 1 saturated heterocycles. The number of rotatable bonds is 3. The number of nitrogens with zero attached hydrogens (tertiary/aromatic N) is 2. The van der Waals surface area contributed by atoms with Gasteiger partial charge in [-0.3, -0.25) is 0 Å². The Morgan fingerprint density at radius 3 is 2.60 bits per heavy atom. The van der Waals surface area contributed by atoms with E-state index in [0.717, 1.165) is 49.5 Å². The number of imidazole rings is 1. The average Bonchev–Trinajstić information content (AvgIpc) is 2.78. The zero-order chi connectivity index (χ0) is 14.1. The zero-order valence-electron chi connectivity index (χ0n) is 10.9. The Kier molecular flexibility index (Phi) is 4.41. The highest BCUT2D eigenvalue weighted by molar-refractivity contribution is 6.42. The van der Waals surface area contributed by atoms with Crippen molar-refractivity contribution in [1.82, 2.24) is 9.55 Å². The molecule has 0 N–H and O–H groups in total. The highest BCUT2D eigenvalue weighted by Gasteiger charge is 2.19. The van der Waals surface area contributed by atoms with Gasteiger partial charge in [-0.25, -0.2) is 4.98 Å². The lowest BCUT2D eigenvalue weighted by Crippen LogP contribution is -2.21. The first-order chi connectivity index (χ1) is 9.69. The number of halogens is 3. The molecular weight excluding hydrogens is 319 g/mol. The van der Waals surface area contributed by atoms with Gasteiger partial charge < -0.3 is 9.30 Å². The Hall–Kier alpha value is -0.480. The van der Waals surface area contributed by atoms with E-state index in [1.807, 2.05) is 6.07 Å². The molecule has 2 heterocycles. The molecule has 6 heteroatoms. The fourth-order valence-electron chi connectivity index (χ4n) is 2.66. The summed E-state index contributed by atoms with van der Waals surface area (Å²) in [6.45, 7) is 2.57.